The van der Waals surface area contributed by atoms with Crippen LogP contribution in [0.25, 0.3) is 0 Å². The lowest BCUT2D eigenvalue weighted by molar-refractivity contribution is 0.102. The van der Waals surface area contributed by atoms with E-state index >= 15 is 0 Å². The van der Waals surface area contributed by atoms with Crippen molar-refractivity contribution in [3.8, 4) is 0 Å². The lowest BCUT2D eigenvalue weighted by Gasteiger charge is -2.09. The summed E-state index contributed by atoms with van der Waals surface area (Å²) in [5, 5.41) is 2.83. The summed E-state index contributed by atoms with van der Waals surface area (Å²) >= 11 is 0. The molecule has 0 fully saturated rings. The second-order valence-electron chi connectivity index (χ2n) is 5.12. The molecule has 0 saturated carbocycles. The van der Waals surface area contributed by atoms with Crippen molar-refractivity contribution in [1.82, 2.24) is 0 Å². The van der Waals surface area contributed by atoms with Crippen molar-refractivity contribution in [2.45, 2.75) is 19.8 Å². The Labute approximate surface area is 118 Å². The molecule has 0 spiro atoms. The first-order valence-corrected chi connectivity index (χ1v) is 6.53. The SMILES string of the molecule is CC(C)c1ccc(NC(=O)c2cc(N)cc(N)c2)cc1. The zero-order valence-corrected chi connectivity index (χ0v) is 11.7. The Hall–Kier alpha value is -2.49. The monoisotopic (exact) mass is 269 g/mol. The lowest BCUT2D eigenvalue weighted by Crippen LogP contribution is -2.12. The molecule has 0 aliphatic rings. The molecule has 5 N–H and O–H groups in total. The van der Waals surface area contributed by atoms with Gasteiger partial charge < -0.3 is 16.8 Å². The maximum atomic E-state index is 12.1. The van der Waals surface area contributed by atoms with E-state index in [1.807, 2.05) is 24.3 Å². The summed E-state index contributed by atoms with van der Waals surface area (Å²) in [7, 11) is 0. The number of nitrogen functional groups attached to an aromatic ring is 2. The first-order chi connectivity index (χ1) is 9.45. The van der Waals surface area contributed by atoms with E-state index in [1.165, 1.54) is 5.56 Å². The van der Waals surface area contributed by atoms with Crippen LogP contribution in [0, 0.1) is 0 Å². The quantitative estimate of drug-likeness (QED) is 0.748. The molecule has 0 aliphatic heterocycles. The molecule has 1 amide bonds. The smallest absolute Gasteiger partial charge is 0.255 e. The molecular formula is C16H19N3O. The Morgan fingerprint density at radius 3 is 2.05 bits per heavy atom. The van der Waals surface area contributed by atoms with E-state index in [1.54, 1.807) is 18.2 Å². The normalized spacial score (nSPS) is 10.6. The zero-order valence-electron chi connectivity index (χ0n) is 11.7. The minimum atomic E-state index is -0.221. The third kappa shape index (κ3) is 3.29. The number of carbonyl (C=O) groups is 1. The fraction of sp³-hybridized carbons (Fsp3) is 0.188. The first kappa shape index (κ1) is 13.9. The van der Waals surface area contributed by atoms with Gasteiger partial charge in [-0.05, 0) is 41.8 Å². The van der Waals surface area contributed by atoms with E-state index in [0.717, 1.165) is 5.69 Å². The number of hydrogen-bond acceptors (Lipinski definition) is 3. The standard InChI is InChI=1S/C16H19N3O/c1-10(2)11-3-5-15(6-4-11)19-16(20)12-7-13(17)9-14(18)8-12/h3-10H,17-18H2,1-2H3,(H,19,20). The number of benzene rings is 2. The Morgan fingerprint density at radius 2 is 1.55 bits per heavy atom. The molecule has 0 aromatic heterocycles. The van der Waals surface area contributed by atoms with Crippen LogP contribution in [0.15, 0.2) is 42.5 Å². The van der Waals surface area contributed by atoms with Crippen LogP contribution in [-0.4, -0.2) is 5.91 Å². The van der Waals surface area contributed by atoms with Gasteiger partial charge in [-0.1, -0.05) is 26.0 Å². The highest BCUT2D eigenvalue weighted by molar-refractivity contribution is 6.05. The number of nitrogens with two attached hydrogens (primary N) is 2. The van der Waals surface area contributed by atoms with Crippen molar-refractivity contribution < 1.29 is 4.79 Å². The van der Waals surface area contributed by atoms with Crippen molar-refractivity contribution >= 4 is 23.0 Å². The van der Waals surface area contributed by atoms with E-state index < -0.39 is 0 Å². The molecule has 20 heavy (non-hydrogen) atoms. The van der Waals surface area contributed by atoms with Gasteiger partial charge >= 0.3 is 0 Å². The van der Waals surface area contributed by atoms with Crippen molar-refractivity contribution in [2.75, 3.05) is 16.8 Å². The molecular weight excluding hydrogens is 250 g/mol. The van der Waals surface area contributed by atoms with Crippen molar-refractivity contribution in [1.29, 1.82) is 0 Å². The molecule has 0 radical (unpaired) electrons. The van der Waals surface area contributed by atoms with Crippen molar-refractivity contribution in [2.24, 2.45) is 0 Å². The number of nitrogens with one attached hydrogen (secondary N) is 1. The molecule has 104 valence electrons. The number of hydrogen-bond donors (Lipinski definition) is 3. The average molecular weight is 269 g/mol. The Balaban J connectivity index is 2.14. The van der Waals surface area contributed by atoms with Crippen LogP contribution in [-0.2, 0) is 0 Å². The Kier molecular flexibility index (Phi) is 3.94. The molecule has 2 aromatic rings. The van der Waals surface area contributed by atoms with Crippen LogP contribution < -0.4 is 16.8 Å². The predicted octanol–water partition coefficient (Wildman–Crippen LogP) is 3.23. The first-order valence-electron chi connectivity index (χ1n) is 6.53. The van der Waals surface area contributed by atoms with E-state index in [0.29, 0.717) is 22.9 Å². The molecule has 4 heteroatoms. The minimum absolute atomic E-state index is 0.221. The highest BCUT2D eigenvalue weighted by atomic mass is 16.1. The number of amides is 1. The third-order valence-electron chi connectivity index (χ3n) is 3.08. The Bertz CT molecular complexity index is 598. The van der Waals surface area contributed by atoms with Gasteiger partial charge in [0.15, 0.2) is 0 Å². The average Bonchev–Trinajstić information content (AvgIpc) is 2.38. The highest BCUT2D eigenvalue weighted by Crippen LogP contribution is 2.19. The van der Waals surface area contributed by atoms with Gasteiger partial charge in [-0.15, -0.1) is 0 Å². The van der Waals surface area contributed by atoms with Gasteiger partial charge in [-0.3, -0.25) is 4.79 Å². The number of rotatable bonds is 3. The summed E-state index contributed by atoms with van der Waals surface area (Å²) in [6, 6.07) is 12.6. The number of carbonyl (C=O) groups excluding carboxylic acids is 1. The van der Waals surface area contributed by atoms with Crippen molar-refractivity contribution in [3.63, 3.8) is 0 Å². The summed E-state index contributed by atoms with van der Waals surface area (Å²) in [6.07, 6.45) is 0. The van der Waals surface area contributed by atoms with Crippen LogP contribution in [0.1, 0.15) is 35.7 Å². The minimum Gasteiger partial charge on any atom is -0.399 e. The molecule has 0 aliphatic carbocycles. The van der Waals surface area contributed by atoms with Gasteiger partial charge in [-0.25, -0.2) is 0 Å². The fourth-order valence-corrected chi connectivity index (χ4v) is 1.96. The van der Waals surface area contributed by atoms with Gasteiger partial charge in [0, 0.05) is 22.6 Å². The highest BCUT2D eigenvalue weighted by Gasteiger charge is 2.08. The van der Waals surface area contributed by atoms with E-state index in [9.17, 15) is 4.79 Å². The van der Waals surface area contributed by atoms with Gasteiger partial charge in [-0.2, -0.15) is 0 Å². The Morgan fingerprint density at radius 1 is 1.00 bits per heavy atom. The van der Waals surface area contributed by atoms with Crippen LogP contribution in [0.2, 0.25) is 0 Å². The van der Waals surface area contributed by atoms with Crippen LogP contribution in [0.3, 0.4) is 0 Å². The molecule has 4 nitrogen and oxygen atoms in total. The van der Waals surface area contributed by atoms with E-state index in [2.05, 4.69) is 19.2 Å². The van der Waals surface area contributed by atoms with E-state index in [4.69, 9.17) is 11.5 Å². The fourth-order valence-electron chi connectivity index (χ4n) is 1.96. The van der Waals surface area contributed by atoms with Crippen LogP contribution >= 0.6 is 0 Å². The molecule has 0 atom stereocenters. The topological polar surface area (TPSA) is 81.1 Å². The van der Waals surface area contributed by atoms with Gasteiger partial charge in [0.2, 0.25) is 0 Å². The summed E-state index contributed by atoms with van der Waals surface area (Å²) in [5.41, 5.74) is 14.8. The number of anilines is 3. The lowest BCUT2D eigenvalue weighted by atomic mass is 10.0. The maximum Gasteiger partial charge on any atom is 0.255 e. The second-order valence-corrected chi connectivity index (χ2v) is 5.12. The summed E-state index contributed by atoms with van der Waals surface area (Å²) in [4.78, 5) is 12.1. The van der Waals surface area contributed by atoms with Crippen LogP contribution in [0.5, 0.6) is 0 Å². The third-order valence-corrected chi connectivity index (χ3v) is 3.08. The summed E-state index contributed by atoms with van der Waals surface area (Å²) in [5.74, 6) is 0.245. The molecule has 0 bridgehead atoms. The molecule has 0 unspecified atom stereocenters. The zero-order chi connectivity index (χ0) is 14.7. The molecule has 0 heterocycles. The second kappa shape index (κ2) is 5.65. The molecule has 0 saturated heterocycles. The van der Waals surface area contributed by atoms with Gasteiger partial charge in [0.05, 0.1) is 0 Å². The molecule has 2 aromatic carbocycles. The maximum absolute atomic E-state index is 12.1. The largest absolute Gasteiger partial charge is 0.399 e. The van der Waals surface area contributed by atoms with Crippen molar-refractivity contribution in [3.05, 3.63) is 53.6 Å². The van der Waals surface area contributed by atoms with Gasteiger partial charge in [0.1, 0.15) is 0 Å². The molecule has 2 rings (SSSR count). The van der Waals surface area contributed by atoms with Gasteiger partial charge in [0.25, 0.3) is 5.91 Å². The summed E-state index contributed by atoms with van der Waals surface area (Å²) in [6.45, 7) is 4.26. The predicted molar refractivity (Wildman–Crippen MR) is 83.8 cm³/mol. The summed E-state index contributed by atoms with van der Waals surface area (Å²) < 4.78 is 0. The van der Waals surface area contributed by atoms with Crippen LogP contribution in [0.4, 0.5) is 17.1 Å². The van der Waals surface area contributed by atoms with E-state index in [-0.39, 0.29) is 5.91 Å².